The Morgan fingerprint density at radius 1 is 0.429 bits per heavy atom. The molecule has 0 spiro atoms. The molecule has 1 unspecified atom stereocenters. The summed E-state index contributed by atoms with van der Waals surface area (Å²) in [5.74, 6) is 0. The molecule has 0 aliphatic carbocycles. The molecule has 0 bridgehead atoms. The minimum absolute atomic E-state index is 0. The lowest BCUT2D eigenvalue weighted by Gasteiger charge is -0.270. The van der Waals surface area contributed by atoms with Crippen molar-refractivity contribution in [2.24, 2.45) is 0 Å². The first-order valence-corrected chi connectivity index (χ1v) is 0. The zero-order valence-corrected chi connectivity index (χ0v) is 7.02. The van der Waals surface area contributed by atoms with Gasteiger partial charge in [-0.25, -0.2) is 0 Å². The van der Waals surface area contributed by atoms with Crippen LogP contribution in [0.3, 0.4) is 0 Å². The van der Waals surface area contributed by atoms with Crippen molar-refractivity contribution in [1.29, 1.82) is 0 Å². The van der Waals surface area contributed by atoms with Gasteiger partial charge in [0.1, 0.15) is 0 Å². The van der Waals surface area contributed by atoms with Crippen LogP contribution in [0.2, 0.25) is 0 Å². The van der Waals surface area contributed by atoms with Crippen LogP contribution in [-0.2, 0) is 0 Å². The smallest absolute Gasteiger partial charge is 0.147 e. The van der Waals surface area contributed by atoms with Gasteiger partial charge in [-0.3, -0.25) is 14.1 Å². The van der Waals surface area contributed by atoms with Gasteiger partial charge in [0.15, 0.2) is 0 Å². The minimum atomic E-state index is 0. The maximum Gasteiger partial charge on any atom is -0.147 e. The SMILES string of the molecule is Cl.Cl.Cl.F.F.F.P. The van der Waals surface area contributed by atoms with E-state index in [9.17, 15) is 0 Å². The highest BCUT2D eigenvalue weighted by Gasteiger charge is -0.144. The van der Waals surface area contributed by atoms with E-state index in [1.165, 1.54) is 0 Å². The fourth-order valence-corrected chi connectivity index (χ4v) is 0. The standard InChI is InChI=1S/3ClH.3FH.H3P/h6*1H;1H3. The Kier molecular flexibility index (Phi) is 10800. The van der Waals surface area contributed by atoms with Crippen molar-refractivity contribution in [3.8, 4) is 0 Å². The van der Waals surface area contributed by atoms with E-state index in [1.807, 2.05) is 0 Å². The van der Waals surface area contributed by atoms with Gasteiger partial charge in [-0.15, -0.1) is 37.2 Å². The molecule has 0 aliphatic rings. The average Bonchev–Trinajstić information content (AvgIpc) is 0. The first kappa shape index (κ1) is 342. The summed E-state index contributed by atoms with van der Waals surface area (Å²) in [6.45, 7) is 0. The number of halogens is 6. The van der Waals surface area contributed by atoms with E-state index in [1.54, 1.807) is 0 Å². The van der Waals surface area contributed by atoms with E-state index in [0.29, 0.717) is 0 Å². The quantitative estimate of drug-likeness (QED) is 0.527. The summed E-state index contributed by atoms with van der Waals surface area (Å²) >= 11 is 0. The lowest BCUT2D eigenvalue weighted by Crippen LogP contribution is 0.419. The molecule has 0 fully saturated rings. The van der Waals surface area contributed by atoms with Gasteiger partial charge >= 0.3 is 0 Å². The van der Waals surface area contributed by atoms with E-state index >= 15 is 0 Å². The Hall–Kier alpha value is 1.09. The highest BCUT2D eigenvalue weighted by atomic mass is 35.5. The van der Waals surface area contributed by atoms with Crippen LogP contribution in [0.4, 0.5) is 14.1 Å². The number of rotatable bonds is 0. The van der Waals surface area contributed by atoms with E-state index in [4.69, 9.17) is 0 Å². The molecule has 7 heavy (non-hydrogen) atoms. The molecular formula is H9Cl3F3P. The van der Waals surface area contributed by atoms with Gasteiger partial charge in [0, 0.05) is 0 Å². The summed E-state index contributed by atoms with van der Waals surface area (Å²) in [5, 5.41) is 0. The summed E-state index contributed by atoms with van der Waals surface area (Å²) in [5.41, 5.74) is 0. The Morgan fingerprint density at radius 2 is 0.429 bits per heavy atom. The van der Waals surface area contributed by atoms with Crippen LogP contribution in [0.5, 0.6) is 0 Å². The van der Waals surface area contributed by atoms with Crippen molar-refractivity contribution in [3.63, 3.8) is 0 Å². The first-order valence-electron chi connectivity index (χ1n) is 0. The van der Waals surface area contributed by atoms with Gasteiger partial charge in [-0.05, 0) is 0 Å². The molecule has 7 heteroatoms. The van der Waals surface area contributed by atoms with Gasteiger partial charge in [-0.2, -0.15) is 9.90 Å². The molecule has 0 aromatic carbocycles. The van der Waals surface area contributed by atoms with Crippen molar-refractivity contribution >= 4 is 47.1 Å². The molecule has 0 nitrogen and oxygen atoms in total. The van der Waals surface area contributed by atoms with Crippen LogP contribution in [-0.4, -0.2) is 0 Å². The van der Waals surface area contributed by atoms with Gasteiger partial charge in [0.05, 0.1) is 0 Å². The van der Waals surface area contributed by atoms with Crippen molar-refractivity contribution in [3.05, 3.63) is 0 Å². The van der Waals surface area contributed by atoms with Gasteiger partial charge in [-0.1, -0.05) is 0 Å². The molecule has 0 saturated heterocycles. The normalized spacial score (nSPS) is 0. The molecule has 0 aromatic heterocycles. The van der Waals surface area contributed by atoms with E-state index in [2.05, 4.69) is 0 Å². The number of hydrogen-bond donors (Lipinski definition) is 0. The molecule has 0 heterocycles. The Bertz CT molecular complexity index is 10.1. The van der Waals surface area contributed by atoms with Gasteiger partial charge < -0.3 is 0 Å². The molecule has 0 N–H and O–H groups in total. The third kappa shape index (κ3) is 155. The second-order valence-electron chi connectivity index (χ2n) is 0. The predicted molar refractivity (Wildman–Crippen MR) is 40.4 cm³/mol. The second kappa shape index (κ2) is 221. The van der Waals surface area contributed by atoms with Crippen molar-refractivity contribution < 1.29 is 14.1 Å². The van der Waals surface area contributed by atoms with Crippen LogP contribution in [0, 0.1) is 0 Å². The Balaban J connectivity index is 0. The fourth-order valence-electron chi connectivity index (χ4n) is 0. The highest BCUT2D eigenvalue weighted by Crippen LogP contribution is 0.861. The second-order valence-corrected chi connectivity index (χ2v) is 0. The van der Waals surface area contributed by atoms with Gasteiger partial charge in [0.25, 0.3) is 0 Å². The zero-order valence-electron chi connectivity index (χ0n) is 3.16. The number of hydrogen-bond acceptors (Lipinski definition) is 0. The molecule has 0 rings (SSSR count). The minimum Gasteiger partial charge on any atom is -0.269 e. The molecule has 56 valence electrons. The van der Waals surface area contributed by atoms with Crippen LogP contribution in [0.15, 0.2) is 0 Å². The van der Waals surface area contributed by atoms with Crippen LogP contribution < -0.4 is 0 Å². The summed E-state index contributed by atoms with van der Waals surface area (Å²) in [6, 6.07) is 0. The maximum absolute atomic E-state index is 0. The van der Waals surface area contributed by atoms with Crippen LogP contribution >= 0.6 is 47.1 Å². The highest BCUT2D eigenvalue weighted by molar-refractivity contribution is 6.92. The molecule has 0 saturated carbocycles. The summed E-state index contributed by atoms with van der Waals surface area (Å²) < 4.78 is 0. The molecule has 0 radical (unpaired) electrons. The van der Waals surface area contributed by atoms with E-state index in [-0.39, 0.29) is 61.2 Å². The third-order valence-corrected chi connectivity index (χ3v) is 0. The lowest BCUT2D eigenvalue weighted by atomic mass is 19.0. The van der Waals surface area contributed by atoms with E-state index in [0.717, 1.165) is 0 Å². The fraction of sp³-hybridized carbons (Fsp3) is 0. The van der Waals surface area contributed by atoms with Crippen LogP contribution in [0.25, 0.3) is 0 Å². The lowest BCUT2D eigenvalue weighted by molar-refractivity contribution is 1.11. The maximum atomic E-state index is 0. The molecule has 0 amide bonds. The van der Waals surface area contributed by atoms with Gasteiger partial charge in [0.2, 0.25) is 0 Å². The zero-order chi connectivity index (χ0) is 0. The Labute approximate surface area is 61.8 Å². The summed E-state index contributed by atoms with van der Waals surface area (Å²) in [4.78, 5) is 0. The molecular weight excluding hydrogens is 194 g/mol. The summed E-state index contributed by atoms with van der Waals surface area (Å²) in [7, 11) is 0. The molecule has 0 aromatic rings. The van der Waals surface area contributed by atoms with Crippen molar-refractivity contribution in [1.82, 2.24) is 0 Å². The van der Waals surface area contributed by atoms with Crippen molar-refractivity contribution in [2.45, 2.75) is 0 Å². The largest absolute Gasteiger partial charge is 0.269 e. The third-order valence-electron chi connectivity index (χ3n) is 0. The van der Waals surface area contributed by atoms with Crippen molar-refractivity contribution in [2.75, 3.05) is 0 Å². The molecule has 1 atom stereocenters. The first-order chi connectivity index (χ1) is 0. The van der Waals surface area contributed by atoms with E-state index < -0.39 is 0 Å². The predicted octanol–water partition coefficient (Wildman–Crippen LogP) is 1.78. The topological polar surface area (TPSA) is 0 Å². The monoisotopic (exact) mass is 202 g/mol. The average molecular weight is 203 g/mol. The van der Waals surface area contributed by atoms with Crippen LogP contribution in [0.1, 0.15) is 0 Å². The Morgan fingerprint density at radius 3 is 0.429 bits per heavy atom. The summed E-state index contributed by atoms with van der Waals surface area (Å²) in [6.07, 6.45) is 0. The molecule has 0 aliphatic heterocycles.